The minimum Gasteiger partial charge on any atom is -0.355 e. The van der Waals surface area contributed by atoms with E-state index in [4.69, 9.17) is 5.73 Å². The Labute approximate surface area is 109 Å². The van der Waals surface area contributed by atoms with Crippen LogP contribution in [0.25, 0.3) is 0 Å². The second kappa shape index (κ2) is 4.37. The van der Waals surface area contributed by atoms with Crippen LogP contribution in [0, 0.1) is 11.8 Å². The Morgan fingerprint density at radius 3 is 2.58 bits per heavy atom. The van der Waals surface area contributed by atoms with Crippen LogP contribution in [0.3, 0.4) is 0 Å². The molecule has 3 nitrogen and oxygen atoms in total. The number of hydrogen-bond donors (Lipinski definition) is 1. The molecule has 6 heteroatoms. The Morgan fingerprint density at radius 2 is 1.95 bits per heavy atom. The third-order valence-corrected chi connectivity index (χ3v) is 3.99. The molecule has 19 heavy (non-hydrogen) atoms. The number of alkyl halides is 3. The molecule has 2 heterocycles. The monoisotopic (exact) mass is 271 g/mol. The highest BCUT2D eigenvalue weighted by molar-refractivity contribution is 5.42. The third kappa shape index (κ3) is 2.54. The van der Waals surface area contributed by atoms with Crippen molar-refractivity contribution in [1.29, 1.82) is 0 Å². The fourth-order valence-electron chi connectivity index (χ4n) is 2.82. The molecule has 2 fully saturated rings. The van der Waals surface area contributed by atoms with Crippen molar-refractivity contribution in [2.45, 2.75) is 25.1 Å². The molecule has 1 aliphatic carbocycles. The molecule has 104 valence electrons. The molecule has 0 spiro atoms. The van der Waals surface area contributed by atoms with Crippen molar-refractivity contribution in [2.75, 3.05) is 18.0 Å². The summed E-state index contributed by atoms with van der Waals surface area (Å²) in [5.74, 6) is 1.44. The molecule has 0 bridgehead atoms. The van der Waals surface area contributed by atoms with Gasteiger partial charge in [-0.2, -0.15) is 13.2 Å². The summed E-state index contributed by atoms with van der Waals surface area (Å²) >= 11 is 0. The molecule has 1 saturated carbocycles. The fourth-order valence-corrected chi connectivity index (χ4v) is 2.82. The van der Waals surface area contributed by atoms with Gasteiger partial charge in [-0.1, -0.05) is 6.07 Å². The number of anilines is 1. The Hall–Kier alpha value is -1.30. The van der Waals surface area contributed by atoms with Crippen LogP contribution >= 0.6 is 0 Å². The van der Waals surface area contributed by atoms with Gasteiger partial charge in [0.25, 0.3) is 0 Å². The quantitative estimate of drug-likeness (QED) is 0.897. The SMILES string of the molecule is N[C@@H]1CN(c2cccc(C(F)(F)F)n2)C[C@H]1C1CC1. The average molecular weight is 271 g/mol. The van der Waals surface area contributed by atoms with Crippen molar-refractivity contribution < 1.29 is 13.2 Å². The first-order valence-corrected chi connectivity index (χ1v) is 6.50. The first-order chi connectivity index (χ1) is 8.95. The highest BCUT2D eigenvalue weighted by Crippen LogP contribution is 2.41. The van der Waals surface area contributed by atoms with Gasteiger partial charge in [-0.25, -0.2) is 4.98 Å². The van der Waals surface area contributed by atoms with E-state index >= 15 is 0 Å². The van der Waals surface area contributed by atoms with Gasteiger partial charge in [-0.15, -0.1) is 0 Å². The number of aromatic nitrogens is 1. The number of nitrogens with two attached hydrogens (primary N) is 1. The predicted molar refractivity (Wildman–Crippen MR) is 65.6 cm³/mol. The molecule has 0 unspecified atom stereocenters. The molecule has 1 saturated heterocycles. The van der Waals surface area contributed by atoms with Crippen molar-refractivity contribution in [3.8, 4) is 0 Å². The maximum Gasteiger partial charge on any atom is 0.433 e. The smallest absolute Gasteiger partial charge is 0.355 e. The molecule has 2 N–H and O–H groups in total. The van der Waals surface area contributed by atoms with Gasteiger partial charge >= 0.3 is 6.18 Å². The summed E-state index contributed by atoms with van der Waals surface area (Å²) < 4.78 is 37.9. The Morgan fingerprint density at radius 1 is 1.21 bits per heavy atom. The number of pyridine rings is 1. The number of hydrogen-bond acceptors (Lipinski definition) is 3. The topological polar surface area (TPSA) is 42.1 Å². The van der Waals surface area contributed by atoms with Crippen molar-refractivity contribution in [3.05, 3.63) is 23.9 Å². The second-order valence-corrected chi connectivity index (χ2v) is 5.45. The summed E-state index contributed by atoms with van der Waals surface area (Å²) in [5.41, 5.74) is 5.24. The second-order valence-electron chi connectivity index (χ2n) is 5.45. The molecule has 2 aliphatic rings. The predicted octanol–water partition coefficient (Wildman–Crippen LogP) is 2.27. The molecule has 3 rings (SSSR count). The van der Waals surface area contributed by atoms with E-state index in [0.29, 0.717) is 24.2 Å². The van der Waals surface area contributed by atoms with Crippen molar-refractivity contribution >= 4 is 5.82 Å². The molecular weight excluding hydrogens is 255 g/mol. The summed E-state index contributed by atoms with van der Waals surface area (Å²) in [5, 5.41) is 0. The first kappa shape index (κ1) is 12.7. The lowest BCUT2D eigenvalue weighted by molar-refractivity contribution is -0.141. The molecule has 1 aliphatic heterocycles. The van der Waals surface area contributed by atoms with Crippen molar-refractivity contribution in [2.24, 2.45) is 17.6 Å². The molecule has 0 amide bonds. The van der Waals surface area contributed by atoms with Crippen LogP contribution in [-0.4, -0.2) is 24.1 Å². The lowest BCUT2D eigenvalue weighted by Gasteiger charge is -2.18. The normalized spacial score (nSPS) is 27.9. The van der Waals surface area contributed by atoms with Crippen molar-refractivity contribution in [1.82, 2.24) is 4.98 Å². The van der Waals surface area contributed by atoms with E-state index < -0.39 is 11.9 Å². The molecule has 1 aromatic heterocycles. The number of rotatable bonds is 2. The maximum absolute atomic E-state index is 12.6. The first-order valence-electron chi connectivity index (χ1n) is 6.50. The molecule has 2 atom stereocenters. The minimum absolute atomic E-state index is 0.0452. The van der Waals surface area contributed by atoms with Crippen LogP contribution in [-0.2, 0) is 6.18 Å². The average Bonchev–Trinajstić information content (AvgIpc) is 3.12. The number of nitrogens with zero attached hydrogens (tertiary/aromatic N) is 2. The van der Waals surface area contributed by atoms with Gasteiger partial charge in [-0.3, -0.25) is 0 Å². The molecule has 0 radical (unpaired) electrons. The number of halogens is 3. The largest absolute Gasteiger partial charge is 0.433 e. The zero-order valence-electron chi connectivity index (χ0n) is 10.4. The van der Waals surface area contributed by atoms with E-state index in [1.807, 2.05) is 4.90 Å². The summed E-state index contributed by atoms with van der Waals surface area (Å²) in [4.78, 5) is 5.60. The lowest BCUT2D eigenvalue weighted by atomic mass is 9.99. The Balaban J connectivity index is 1.79. The molecular formula is C13H16F3N3. The zero-order valence-corrected chi connectivity index (χ0v) is 10.4. The van der Waals surface area contributed by atoms with Crippen LogP contribution in [0.2, 0.25) is 0 Å². The van der Waals surface area contributed by atoms with Crippen LogP contribution in [0.15, 0.2) is 18.2 Å². The van der Waals surface area contributed by atoms with E-state index in [2.05, 4.69) is 4.98 Å². The highest BCUT2D eigenvalue weighted by atomic mass is 19.4. The summed E-state index contributed by atoms with van der Waals surface area (Å²) in [6.07, 6.45) is -2.00. The van der Waals surface area contributed by atoms with Gasteiger partial charge in [0.1, 0.15) is 11.5 Å². The fraction of sp³-hybridized carbons (Fsp3) is 0.615. The van der Waals surface area contributed by atoms with E-state index in [0.717, 1.165) is 12.6 Å². The van der Waals surface area contributed by atoms with E-state index in [9.17, 15) is 13.2 Å². The zero-order chi connectivity index (χ0) is 13.6. The van der Waals surface area contributed by atoms with Gasteiger partial charge < -0.3 is 10.6 Å². The van der Waals surface area contributed by atoms with Gasteiger partial charge in [0.15, 0.2) is 0 Å². The minimum atomic E-state index is -4.40. The van der Waals surface area contributed by atoms with Crippen LogP contribution in [0.5, 0.6) is 0 Å². The van der Waals surface area contributed by atoms with Crippen LogP contribution in [0.1, 0.15) is 18.5 Å². The van der Waals surface area contributed by atoms with E-state index in [1.165, 1.54) is 18.9 Å². The van der Waals surface area contributed by atoms with Crippen LogP contribution in [0.4, 0.5) is 19.0 Å². The van der Waals surface area contributed by atoms with Gasteiger partial charge in [-0.05, 0) is 36.8 Å². The standard InChI is InChI=1S/C13H16F3N3/c14-13(15,16)11-2-1-3-12(18-11)19-6-9(8-4-5-8)10(17)7-19/h1-3,8-10H,4-7,17H2/t9-,10+/m0/s1. The maximum atomic E-state index is 12.6. The van der Waals surface area contributed by atoms with Crippen LogP contribution < -0.4 is 10.6 Å². The summed E-state index contributed by atoms with van der Waals surface area (Å²) in [7, 11) is 0. The highest BCUT2D eigenvalue weighted by Gasteiger charge is 2.41. The summed E-state index contributed by atoms with van der Waals surface area (Å²) in [6.45, 7) is 1.32. The third-order valence-electron chi connectivity index (χ3n) is 3.99. The van der Waals surface area contributed by atoms with E-state index in [1.54, 1.807) is 6.07 Å². The van der Waals surface area contributed by atoms with Gasteiger partial charge in [0.2, 0.25) is 0 Å². The molecule has 1 aromatic rings. The lowest BCUT2D eigenvalue weighted by Crippen LogP contribution is -2.30. The van der Waals surface area contributed by atoms with Crippen molar-refractivity contribution in [3.63, 3.8) is 0 Å². The Kier molecular flexibility index (Phi) is 2.92. The van der Waals surface area contributed by atoms with E-state index in [-0.39, 0.29) is 6.04 Å². The summed E-state index contributed by atoms with van der Waals surface area (Å²) in [6, 6.07) is 4.07. The molecule has 0 aromatic carbocycles. The van der Waals surface area contributed by atoms with Gasteiger partial charge in [0.05, 0.1) is 0 Å². The Bertz CT molecular complexity index is 470. The van der Waals surface area contributed by atoms with Gasteiger partial charge in [0, 0.05) is 19.1 Å².